The molecule has 0 aromatic heterocycles. The van der Waals surface area contributed by atoms with Crippen LogP contribution < -0.4 is 11.1 Å². The van der Waals surface area contributed by atoms with Gasteiger partial charge in [-0.15, -0.1) is 0 Å². The molecule has 0 saturated carbocycles. The number of aliphatic carboxylic acids is 1. The normalized spacial score (nSPS) is 12.8. The van der Waals surface area contributed by atoms with Crippen molar-refractivity contribution in [1.29, 1.82) is 0 Å². The molecule has 6 heteroatoms. The minimum absolute atomic E-state index is 0.0480. The number of amides is 1. The number of hydrogen-bond donors (Lipinski definition) is 4. The van der Waals surface area contributed by atoms with Gasteiger partial charge in [-0.05, 0) is 31.5 Å². The van der Waals surface area contributed by atoms with Crippen LogP contribution >= 0.6 is 0 Å². The minimum Gasteiger partial charge on any atom is -0.508 e. The summed E-state index contributed by atoms with van der Waals surface area (Å²) in [4.78, 5) is 22.9. The summed E-state index contributed by atoms with van der Waals surface area (Å²) in [6.45, 7) is 3.39. The first kappa shape index (κ1) is 16.0. The Bertz CT molecular complexity index is 477. The molecule has 0 unspecified atom stereocenters. The number of nitrogens with two attached hydrogens (primary N) is 1. The molecule has 1 aromatic rings. The Balaban J connectivity index is 2.68. The average Bonchev–Trinajstić information content (AvgIpc) is 2.28. The van der Waals surface area contributed by atoms with Crippen molar-refractivity contribution in [3.05, 3.63) is 29.8 Å². The maximum Gasteiger partial charge on any atom is 0.326 e. The van der Waals surface area contributed by atoms with Crippen molar-refractivity contribution in [3.8, 4) is 5.75 Å². The third kappa shape index (κ3) is 5.71. The highest BCUT2D eigenvalue weighted by Crippen LogP contribution is 2.12. The van der Waals surface area contributed by atoms with Crippen molar-refractivity contribution in [2.45, 2.75) is 38.3 Å². The standard InChI is InChI=1S/C14H20N2O4/c1-14(2,15)8-12(18)16-11(13(19)20)7-9-3-5-10(17)6-4-9/h3-6,11,17H,7-8,15H2,1-2H3,(H,16,18)(H,19,20)/t11-/m1/s1. The number of benzene rings is 1. The molecule has 0 saturated heterocycles. The van der Waals surface area contributed by atoms with Crippen molar-refractivity contribution < 1.29 is 19.8 Å². The zero-order chi connectivity index (χ0) is 15.3. The summed E-state index contributed by atoms with van der Waals surface area (Å²) in [6.07, 6.45) is 0.193. The molecule has 20 heavy (non-hydrogen) atoms. The van der Waals surface area contributed by atoms with Crippen molar-refractivity contribution in [3.63, 3.8) is 0 Å². The second-order valence-electron chi connectivity index (χ2n) is 5.49. The second kappa shape index (κ2) is 6.38. The molecule has 0 spiro atoms. The van der Waals surface area contributed by atoms with E-state index in [-0.39, 0.29) is 18.6 Å². The zero-order valence-electron chi connectivity index (χ0n) is 11.6. The number of carbonyl (C=O) groups excluding carboxylic acids is 1. The van der Waals surface area contributed by atoms with Gasteiger partial charge in [-0.3, -0.25) is 4.79 Å². The van der Waals surface area contributed by atoms with Gasteiger partial charge in [0.25, 0.3) is 0 Å². The maximum absolute atomic E-state index is 11.7. The number of aromatic hydroxyl groups is 1. The Labute approximate surface area is 117 Å². The fraction of sp³-hybridized carbons (Fsp3) is 0.429. The van der Waals surface area contributed by atoms with Crippen LogP contribution in [0.2, 0.25) is 0 Å². The van der Waals surface area contributed by atoms with Crippen LogP contribution in [-0.4, -0.2) is 33.7 Å². The molecule has 0 heterocycles. The third-order valence-corrected chi connectivity index (χ3v) is 2.63. The number of carbonyl (C=O) groups is 2. The second-order valence-corrected chi connectivity index (χ2v) is 5.49. The Morgan fingerprint density at radius 1 is 1.30 bits per heavy atom. The Morgan fingerprint density at radius 3 is 2.30 bits per heavy atom. The fourth-order valence-electron chi connectivity index (χ4n) is 1.73. The topological polar surface area (TPSA) is 113 Å². The van der Waals surface area contributed by atoms with Gasteiger partial charge in [-0.1, -0.05) is 12.1 Å². The van der Waals surface area contributed by atoms with Crippen LogP contribution in [0.15, 0.2) is 24.3 Å². The molecule has 5 N–H and O–H groups in total. The number of carboxylic acids is 1. The lowest BCUT2D eigenvalue weighted by Crippen LogP contribution is -2.46. The number of hydrogen-bond acceptors (Lipinski definition) is 4. The van der Waals surface area contributed by atoms with E-state index in [2.05, 4.69) is 5.32 Å². The van der Waals surface area contributed by atoms with E-state index in [0.29, 0.717) is 5.56 Å². The van der Waals surface area contributed by atoms with Gasteiger partial charge in [-0.2, -0.15) is 0 Å². The van der Waals surface area contributed by atoms with E-state index >= 15 is 0 Å². The van der Waals surface area contributed by atoms with Gasteiger partial charge in [-0.25, -0.2) is 4.79 Å². The van der Waals surface area contributed by atoms with Crippen LogP contribution in [0, 0.1) is 0 Å². The van der Waals surface area contributed by atoms with Crippen molar-refractivity contribution in [1.82, 2.24) is 5.32 Å². The number of phenolic OH excluding ortho intramolecular Hbond substituents is 1. The van der Waals surface area contributed by atoms with E-state index < -0.39 is 23.5 Å². The monoisotopic (exact) mass is 280 g/mol. The molecule has 0 fully saturated rings. The van der Waals surface area contributed by atoms with Crippen LogP contribution in [0.25, 0.3) is 0 Å². The Hall–Kier alpha value is -2.08. The molecule has 0 aliphatic heterocycles. The molecule has 1 rings (SSSR count). The van der Waals surface area contributed by atoms with E-state index in [0.717, 1.165) is 0 Å². The zero-order valence-corrected chi connectivity index (χ0v) is 11.6. The van der Waals surface area contributed by atoms with Gasteiger partial charge in [0.1, 0.15) is 11.8 Å². The van der Waals surface area contributed by atoms with Gasteiger partial charge in [0.2, 0.25) is 5.91 Å². The summed E-state index contributed by atoms with van der Waals surface area (Å²) in [5, 5.41) is 20.8. The van der Waals surface area contributed by atoms with Crippen molar-refractivity contribution in [2.24, 2.45) is 5.73 Å². The van der Waals surface area contributed by atoms with Gasteiger partial charge in [0, 0.05) is 18.4 Å². The SMILES string of the molecule is CC(C)(N)CC(=O)N[C@H](Cc1ccc(O)cc1)C(=O)O. The molecular weight excluding hydrogens is 260 g/mol. The molecule has 0 aliphatic rings. The molecule has 1 aromatic carbocycles. The van der Waals surface area contributed by atoms with E-state index in [1.807, 2.05) is 0 Å². The highest BCUT2D eigenvalue weighted by atomic mass is 16.4. The average molecular weight is 280 g/mol. The predicted octanol–water partition coefficient (Wildman–Crippen LogP) is 0.631. The maximum atomic E-state index is 11.7. The Kier molecular flexibility index (Phi) is 5.10. The summed E-state index contributed by atoms with van der Waals surface area (Å²) in [5.41, 5.74) is 5.74. The molecule has 0 aliphatic carbocycles. The molecular formula is C14H20N2O4. The third-order valence-electron chi connectivity index (χ3n) is 2.63. The van der Waals surface area contributed by atoms with E-state index in [1.54, 1.807) is 26.0 Å². The molecule has 0 radical (unpaired) electrons. The first-order chi connectivity index (χ1) is 9.17. The molecule has 1 amide bonds. The van der Waals surface area contributed by atoms with E-state index in [9.17, 15) is 14.7 Å². The van der Waals surface area contributed by atoms with Gasteiger partial charge >= 0.3 is 5.97 Å². The first-order valence-electron chi connectivity index (χ1n) is 6.26. The lowest BCUT2D eigenvalue weighted by molar-refractivity contribution is -0.141. The first-order valence-corrected chi connectivity index (χ1v) is 6.26. The van der Waals surface area contributed by atoms with Gasteiger partial charge < -0.3 is 21.3 Å². The summed E-state index contributed by atoms with van der Waals surface area (Å²) >= 11 is 0. The summed E-state index contributed by atoms with van der Waals surface area (Å²) < 4.78 is 0. The summed E-state index contributed by atoms with van der Waals surface area (Å²) in [5.74, 6) is -1.40. The fourth-order valence-corrected chi connectivity index (χ4v) is 1.73. The number of rotatable bonds is 6. The largest absolute Gasteiger partial charge is 0.508 e. The van der Waals surface area contributed by atoms with Crippen molar-refractivity contribution >= 4 is 11.9 Å². The Morgan fingerprint density at radius 2 is 1.85 bits per heavy atom. The minimum atomic E-state index is -1.11. The van der Waals surface area contributed by atoms with Crippen LogP contribution in [0.4, 0.5) is 0 Å². The molecule has 6 nitrogen and oxygen atoms in total. The summed E-state index contributed by atoms with van der Waals surface area (Å²) in [6, 6.07) is 5.15. The van der Waals surface area contributed by atoms with Crippen LogP contribution in [0.3, 0.4) is 0 Å². The lowest BCUT2D eigenvalue weighted by Gasteiger charge is -2.20. The molecule has 1 atom stereocenters. The highest BCUT2D eigenvalue weighted by Gasteiger charge is 2.23. The van der Waals surface area contributed by atoms with Crippen LogP contribution in [0.1, 0.15) is 25.8 Å². The highest BCUT2D eigenvalue weighted by molar-refractivity contribution is 5.84. The van der Waals surface area contributed by atoms with Crippen LogP contribution in [0.5, 0.6) is 5.75 Å². The van der Waals surface area contributed by atoms with E-state index in [4.69, 9.17) is 10.8 Å². The quantitative estimate of drug-likeness (QED) is 0.610. The smallest absolute Gasteiger partial charge is 0.326 e. The summed E-state index contributed by atoms with van der Waals surface area (Å²) in [7, 11) is 0. The van der Waals surface area contributed by atoms with E-state index in [1.165, 1.54) is 12.1 Å². The number of nitrogens with one attached hydrogen (secondary N) is 1. The molecule has 110 valence electrons. The van der Waals surface area contributed by atoms with Gasteiger partial charge in [0.05, 0.1) is 0 Å². The number of phenols is 1. The number of carboxylic acid groups (broad SMARTS) is 1. The molecule has 0 bridgehead atoms. The van der Waals surface area contributed by atoms with Crippen LogP contribution in [-0.2, 0) is 16.0 Å². The van der Waals surface area contributed by atoms with Crippen molar-refractivity contribution in [2.75, 3.05) is 0 Å². The van der Waals surface area contributed by atoms with Gasteiger partial charge in [0.15, 0.2) is 0 Å². The predicted molar refractivity (Wildman–Crippen MR) is 74.3 cm³/mol. The lowest BCUT2D eigenvalue weighted by atomic mass is 10.0.